The van der Waals surface area contributed by atoms with Gasteiger partial charge >= 0.3 is 6.03 Å². The molecule has 5 nitrogen and oxygen atoms in total. The number of hydrogen-bond donors (Lipinski definition) is 2. The minimum atomic E-state index is -1.18. The predicted molar refractivity (Wildman–Crippen MR) is 99.9 cm³/mol. The standard InChI is InChI=1S/C19H23ClN2O3/c1-4-24-19(25-5-2,14-7-9-15(20)10-8-14)16-12-13(3)6-11-17(16)22-18(21)23/h6-12H,4-5H2,1-3H3,(H3,21,22,23). The van der Waals surface area contributed by atoms with Crippen LogP contribution in [0.4, 0.5) is 10.5 Å². The first-order valence-electron chi connectivity index (χ1n) is 8.14. The molecule has 0 radical (unpaired) electrons. The Morgan fingerprint density at radius 2 is 1.72 bits per heavy atom. The lowest BCUT2D eigenvalue weighted by Gasteiger charge is -2.35. The first-order chi connectivity index (χ1) is 11.9. The summed E-state index contributed by atoms with van der Waals surface area (Å²) in [7, 11) is 0. The van der Waals surface area contributed by atoms with Gasteiger partial charge in [0.25, 0.3) is 0 Å². The van der Waals surface area contributed by atoms with E-state index in [2.05, 4.69) is 5.32 Å². The lowest BCUT2D eigenvalue weighted by molar-refractivity contribution is -0.212. The summed E-state index contributed by atoms with van der Waals surface area (Å²) in [6, 6.07) is 12.2. The highest BCUT2D eigenvalue weighted by atomic mass is 35.5. The van der Waals surface area contributed by atoms with Gasteiger partial charge in [-0.1, -0.05) is 35.4 Å². The fourth-order valence-corrected chi connectivity index (χ4v) is 2.89. The van der Waals surface area contributed by atoms with Crippen LogP contribution in [-0.4, -0.2) is 19.2 Å². The summed E-state index contributed by atoms with van der Waals surface area (Å²) >= 11 is 6.03. The summed E-state index contributed by atoms with van der Waals surface area (Å²) in [6.07, 6.45) is 0. The van der Waals surface area contributed by atoms with Crippen molar-refractivity contribution in [2.45, 2.75) is 26.6 Å². The molecule has 2 amide bonds. The van der Waals surface area contributed by atoms with Crippen molar-refractivity contribution in [1.29, 1.82) is 0 Å². The van der Waals surface area contributed by atoms with Crippen molar-refractivity contribution in [1.82, 2.24) is 0 Å². The van der Waals surface area contributed by atoms with E-state index in [1.165, 1.54) is 0 Å². The quantitative estimate of drug-likeness (QED) is 0.716. The number of amides is 2. The summed E-state index contributed by atoms with van der Waals surface area (Å²) in [5, 5.41) is 3.27. The molecule has 2 aromatic carbocycles. The monoisotopic (exact) mass is 362 g/mol. The van der Waals surface area contributed by atoms with Crippen LogP contribution in [0.5, 0.6) is 0 Å². The summed E-state index contributed by atoms with van der Waals surface area (Å²) in [5.41, 5.74) is 8.33. The zero-order valence-electron chi connectivity index (χ0n) is 14.6. The van der Waals surface area contributed by atoms with Gasteiger partial charge in [0.2, 0.25) is 5.79 Å². The third-order valence-corrected chi connectivity index (χ3v) is 3.96. The maximum absolute atomic E-state index is 11.4. The maximum Gasteiger partial charge on any atom is 0.316 e. The highest BCUT2D eigenvalue weighted by Gasteiger charge is 2.38. The normalized spacial score (nSPS) is 11.4. The van der Waals surface area contributed by atoms with Crippen LogP contribution >= 0.6 is 11.6 Å². The Balaban J connectivity index is 2.72. The Bertz CT molecular complexity index is 726. The molecule has 3 N–H and O–H groups in total. The highest BCUT2D eigenvalue weighted by Crippen LogP contribution is 2.40. The van der Waals surface area contributed by atoms with Crippen molar-refractivity contribution in [2.24, 2.45) is 5.73 Å². The minimum Gasteiger partial charge on any atom is -0.351 e. The van der Waals surface area contributed by atoms with E-state index in [0.29, 0.717) is 29.5 Å². The van der Waals surface area contributed by atoms with Crippen molar-refractivity contribution in [3.8, 4) is 0 Å². The van der Waals surface area contributed by atoms with Gasteiger partial charge in [-0.15, -0.1) is 0 Å². The van der Waals surface area contributed by atoms with Gasteiger partial charge in [0.15, 0.2) is 0 Å². The largest absolute Gasteiger partial charge is 0.351 e. The molecular weight excluding hydrogens is 340 g/mol. The second kappa shape index (κ2) is 8.34. The van der Waals surface area contributed by atoms with E-state index in [0.717, 1.165) is 11.1 Å². The molecule has 0 aromatic heterocycles. The molecule has 0 atom stereocenters. The van der Waals surface area contributed by atoms with Gasteiger partial charge in [-0.05, 0) is 45.0 Å². The number of primary amides is 1. The van der Waals surface area contributed by atoms with Crippen molar-refractivity contribution in [3.63, 3.8) is 0 Å². The molecule has 0 aliphatic heterocycles. The second-order valence-corrected chi connectivity index (χ2v) is 5.96. The van der Waals surface area contributed by atoms with E-state index in [9.17, 15) is 4.79 Å². The number of nitrogens with one attached hydrogen (secondary N) is 1. The average Bonchev–Trinajstić information content (AvgIpc) is 2.56. The third-order valence-electron chi connectivity index (χ3n) is 3.71. The van der Waals surface area contributed by atoms with Gasteiger partial charge in [0.1, 0.15) is 0 Å². The molecule has 0 aliphatic rings. The average molecular weight is 363 g/mol. The number of hydrogen-bond acceptors (Lipinski definition) is 3. The maximum atomic E-state index is 11.4. The molecule has 25 heavy (non-hydrogen) atoms. The topological polar surface area (TPSA) is 73.6 Å². The van der Waals surface area contributed by atoms with Crippen LogP contribution in [0.15, 0.2) is 42.5 Å². The zero-order chi connectivity index (χ0) is 18.4. The first kappa shape index (κ1) is 19.2. The molecule has 2 aromatic rings. The molecule has 0 saturated carbocycles. The number of carbonyl (C=O) groups is 1. The van der Waals surface area contributed by atoms with Crippen molar-refractivity contribution < 1.29 is 14.3 Å². The second-order valence-electron chi connectivity index (χ2n) is 5.53. The summed E-state index contributed by atoms with van der Waals surface area (Å²) in [6.45, 7) is 6.56. The highest BCUT2D eigenvalue weighted by molar-refractivity contribution is 6.30. The Morgan fingerprint density at radius 3 is 2.24 bits per heavy atom. The van der Waals surface area contributed by atoms with Crippen LogP contribution in [0.1, 0.15) is 30.5 Å². The first-order valence-corrected chi connectivity index (χ1v) is 8.52. The van der Waals surface area contributed by atoms with Crippen LogP contribution in [0.25, 0.3) is 0 Å². The Hall–Kier alpha value is -2.08. The van der Waals surface area contributed by atoms with Crippen LogP contribution in [0.3, 0.4) is 0 Å². The molecular formula is C19H23ClN2O3. The predicted octanol–water partition coefficient (Wildman–Crippen LogP) is 4.41. The van der Waals surface area contributed by atoms with Crippen molar-refractivity contribution in [3.05, 3.63) is 64.2 Å². The number of benzene rings is 2. The third kappa shape index (κ3) is 4.31. The van der Waals surface area contributed by atoms with Gasteiger partial charge in [0, 0.05) is 29.4 Å². The molecule has 0 fully saturated rings. The minimum absolute atomic E-state index is 0.409. The van der Waals surface area contributed by atoms with E-state index in [1.54, 1.807) is 18.2 Å². The number of anilines is 1. The summed E-state index contributed by atoms with van der Waals surface area (Å²) in [4.78, 5) is 11.4. The Morgan fingerprint density at radius 1 is 1.12 bits per heavy atom. The van der Waals surface area contributed by atoms with Crippen molar-refractivity contribution in [2.75, 3.05) is 18.5 Å². The van der Waals surface area contributed by atoms with E-state index < -0.39 is 11.8 Å². The molecule has 0 heterocycles. The number of ether oxygens (including phenoxy) is 2. The van der Waals surface area contributed by atoms with Gasteiger partial charge < -0.3 is 20.5 Å². The number of nitrogens with two attached hydrogens (primary N) is 1. The van der Waals surface area contributed by atoms with Crippen LogP contribution in [0, 0.1) is 6.92 Å². The molecule has 2 rings (SSSR count). The number of halogens is 1. The fourth-order valence-electron chi connectivity index (χ4n) is 2.77. The van der Waals surface area contributed by atoms with E-state index >= 15 is 0 Å². The Labute approximate surface area is 153 Å². The molecule has 0 unspecified atom stereocenters. The van der Waals surface area contributed by atoms with Crippen molar-refractivity contribution >= 4 is 23.3 Å². The molecule has 6 heteroatoms. The summed E-state index contributed by atoms with van der Waals surface area (Å²) in [5.74, 6) is -1.18. The number of aryl methyl sites for hydroxylation is 1. The van der Waals surface area contributed by atoms with Crippen LogP contribution in [-0.2, 0) is 15.3 Å². The van der Waals surface area contributed by atoms with E-state index in [4.69, 9.17) is 26.8 Å². The van der Waals surface area contributed by atoms with E-state index in [-0.39, 0.29) is 0 Å². The Kier molecular flexibility index (Phi) is 6.42. The number of rotatable bonds is 7. The lowest BCUT2D eigenvalue weighted by atomic mass is 9.93. The van der Waals surface area contributed by atoms with Crippen LogP contribution < -0.4 is 11.1 Å². The SMILES string of the molecule is CCOC(OCC)(c1ccc(Cl)cc1)c1cc(C)ccc1NC(N)=O. The number of carbonyl (C=O) groups excluding carboxylic acids is 1. The van der Waals surface area contributed by atoms with Crippen LogP contribution in [0.2, 0.25) is 5.02 Å². The van der Waals surface area contributed by atoms with E-state index in [1.807, 2.05) is 45.0 Å². The lowest BCUT2D eigenvalue weighted by Crippen LogP contribution is -2.36. The fraction of sp³-hybridized carbons (Fsp3) is 0.316. The molecule has 0 spiro atoms. The van der Waals surface area contributed by atoms with Gasteiger partial charge in [-0.2, -0.15) is 0 Å². The smallest absolute Gasteiger partial charge is 0.316 e. The van der Waals surface area contributed by atoms with Gasteiger partial charge in [-0.25, -0.2) is 4.79 Å². The van der Waals surface area contributed by atoms with Gasteiger partial charge in [-0.3, -0.25) is 0 Å². The molecule has 0 aliphatic carbocycles. The molecule has 0 bridgehead atoms. The summed E-state index contributed by atoms with van der Waals surface area (Å²) < 4.78 is 12.2. The van der Waals surface area contributed by atoms with Gasteiger partial charge in [0.05, 0.1) is 5.69 Å². The zero-order valence-corrected chi connectivity index (χ0v) is 15.4. The number of urea groups is 1. The molecule has 134 valence electrons. The molecule has 0 saturated heterocycles.